The number of aliphatic carboxylic acids is 1. The SMILES string of the molecule is CC(C)=CC(=O)N1CC(C(=O)O)O[C@H](C)C1. The van der Waals surface area contributed by atoms with Crippen LogP contribution in [-0.2, 0) is 14.3 Å². The Morgan fingerprint density at radius 2 is 2.00 bits per heavy atom. The van der Waals surface area contributed by atoms with Gasteiger partial charge >= 0.3 is 5.97 Å². The van der Waals surface area contributed by atoms with Crippen molar-refractivity contribution in [3.8, 4) is 0 Å². The van der Waals surface area contributed by atoms with Crippen LogP contribution in [0.4, 0.5) is 0 Å². The minimum Gasteiger partial charge on any atom is -0.479 e. The lowest BCUT2D eigenvalue weighted by atomic mass is 10.2. The molecule has 5 nitrogen and oxygen atoms in total. The van der Waals surface area contributed by atoms with Gasteiger partial charge in [0.1, 0.15) is 0 Å². The third-order valence-corrected chi connectivity index (χ3v) is 2.26. The van der Waals surface area contributed by atoms with Gasteiger partial charge in [0.15, 0.2) is 6.10 Å². The summed E-state index contributed by atoms with van der Waals surface area (Å²) in [5, 5.41) is 8.86. The van der Waals surface area contributed by atoms with Crippen molar-refractivity contribution in [2.75, 3.05) is 13.1 Å². The third-order valence-electron chi connectivity index (χ3n) is 2.26. The summed E-state index contributed by atoms with van der Waals surface area (Å²) in [6.45, 7) is 5.97. The topological polar surface area (TPSA) is 66.8 Å². The fourth-order valence-corrected chi connectivity index (χ4v) is 1.61. The second-order valence-electron chi connectivity index (χ2n) is 4.24. The Bertz CT molecular complexity index is 320. The van der Waals surface area contributed by atoms with E-state index in [1.54, 1.807) is 6.92 Å². The Hall–Kier alpha value is -1.36. The van der Waals surface area contributed by atoms with Gasteiger partial charge in [0, 0.05) is 12.6 Å². The third kappa shape index (κ3) is 3.34. The second-order valence-corrected chi connectivity index (χ2v) is 4.24. The number of nitrogens with zero attached hydrogens (tertiary/aromatic N) is 1. The van der Waals surface area contributed by atoms with Crippen LogP contribution >= 0.6 is 0 Å². The van der Waals surface area contributed by atoms with E-state index < -0.39 is 12.1 Å². The van der Waals surface area contributed by atoms with Crippen molar-refractivity contribution in [2.24, 2.45) is 0 Å². The number of amides is 1. The molecule has 0 spiro atoms. The second kappa shape index (κ2) is 5.12. The predicted octanol–water partition coefficient (Wildman–Crippen LogP) is 0.653. The minimum atomic E-state index is -1.03. The first kappa shape index (κ1) is 12.7. The van der Waals surface area contributed by atoms with Gasteiger partial charge in [-0.3, -0.25) is 4.79 Å². The van der Waals surface area contributed by atoms with Crippen LogP contribution in [0, 0.1) is 0 Å². The molecule has 1 N–H and O–H groups in total. The largest absolute Gasteiger partial charge is 0.479 e. The lowest BCUT2D eigenvalue weighted by molar-refractivity contribution is -0.165. The van der Waals surface area contributed by atoms with E-state index in [0.717, 1.165) is 5.57 Å². The van der Waals surface area contributed by atoms with E-state index in [-0.39, 0.29) is 18.6 Å². The average Bonchev–Trinajstić information content (AvgIpc) is 2.15. The molecule has 0 aliphatic carbocycles. The summed E-state index contributed by atoms with van der Waals surface area (Å²) in [5.74, 6) is -1.18. The normalized spacial score (nSPS) is 25.1. The maximum absolute atomic E-state index is 11.7. The highest BCUT2D eigenvalue weighted by Gasteiger charge is 2.31. The first-order chi connectivity index (χ1) is 7.40. The van der Waals surface area contributed by atoms with Crippen molar-refractivity contribution < 1.29 is 19.4 Å². The van der Waals surface area contributed by atoms with Crippen molar-refractivity contribution in [1.82, 2.24) is 4.90 Å². The number of carbonyl (C=O) groups excluding carboxylic acids is 1. The molecule has 0 aromatic rings. The number of hydrogen-bond donors (Lipinski definition) is 1. The first-order valence-electron chi connectivity index (χ1n) is 5.22. The summed E-state index contributed by atoms with van der Waals surface area (Å²) in [6, 6.07) is 0. The van der Waals surface area contributed by atoms with Gasteiger partial charge in [-0.05, 0) is 20.8 Å². The van der Waals surface area contributed by atoms with Crippen LogP contribution in [0.15, 0.2) is 11.6 Å². The van der Waals surface area contributed by atoms with Gasteiger partial charge in [-0.25, -0.2) is 4.79 Å². The zero-order chi connectivity index (χ0) is 12.3. The van der Waals surface area contributed by atoms with Crippen LogP contribution in [0.2, 0.25) is 0 Å². The maximum Gasteiger partial charge on any atom is 0.334 e. The molecule has 90 valence electrons. The number of allylic oxidation sites excluding steroid dienone is 1. The summed E-state index contributed by atoms with van der Waals surface area (Å²) in [4.78, 5) is 24.0. The van der Waals surface area contributed by atoms with Crippen molar-refractivity contribution >= 4 is 11.9 Å². The molecule has 1 amide bonds. The molecule has 1 unspecified atom stereocenters. The molecular formula is C11H17NO4. The maximum atomic E-state index is 11.7. The van der Waals surface area contributed by atoms with Crippen molar-refractivity contribution in [3.05, 3.63) is 11.6 Å². The number of carboxylic acid groups (broad SMARTS) is 1. The number of ether oxygens (including phenoxy) is 1. The monoisotopic (exact) mass is 227 g/mol. The highest BCUT2D eigenvalue weighted by atomic mass is 16.5. The number of rotatable bonds is 2. The Labute approximate surface area is 94.7 Å². The quantitative estimate of drug-likeness (QED) is 0.703. The van der Waals surface area contributed by atoms with Crippen LogP contribution in [-0.4, -0.2) is 47.2 Å². The molecule has 0 radical (unpaired) electrons. The van der Waals surface area contributed by atoms with E-state index in [1.807, 2.05) is 13.8 Å². The Morgan fingerprint density at radius 1 is 1.38 bits per heavy atom. The van der Waals surface area contributed by atoms with Gasteiger partial charge < -0.3 is 14.7 Å². The van der Waals surface area contributed by atoms with Crippen molar-refractivity contribution in [1.29, 1.82) is 0 Å². The molecule has 0 saturated carbocycles. The standard InChI is InChI=1S/C11H17NO4/c1-7(2)4-10(13)12-5-8(3)16-9(6-12)11(14)15/h4,8-9H,5-6H2,1-3H3,(H,14,15)/t8-,9?/m1/s1. The van der Waals surface area contributed by atoms with Gasteiger partial charge in [0.05, 0.1) is 12.6 Å². The van der Waals surface area contributed by atoms with E-state index in [4.69, 9.17) is 9.84 Å². The lowest BCUT2D eigenvalue weighted by Crippen LogP contribution is -2.51. The number of morpholine rings is 1. The molecule has 2 atom stereocenters. The van der Waals surface area contributed by atoms with Crippen LogP contribution < -0.4 is 0 Å². The fraction of sp³-hybridized carbons (Fsp3) is 0.636. The van der Waals surface area contributed by atoms with Gasteiger partial charge in [0.25, 0.3) is 0 Å². The Kier molecular flexibility index (Phi) is 4.06. The van der Waals surface area contributed by atoms with Gasteiger partial charge in [-0.15, -0.1) is 0 Å². The molecule has 0 aromatic heterocycles. The van der Waals surface area contributed by atoms with Crippen LogP contribution in [0.5, 0.6) is 0 Å². The van der Waals surface area contributed by atoms with Crippen LogP contribution in [0.3, 0.4) is 0 Å². The smallest absolute Gasteiger partial charge is 0.334 e. The highest BCUT2D eigenvalue weighted by molar-refractivity contribution is 5.88. The van der Waals surface area contributed by atoms with Crippen molar-refractivity contribution in [2.45, 2.75) is 33.0 Å². The first-order valence-corrected chi connectivity index (χ1v) is 5.22. The number of hydrogen-bond acceptors (Lipinski definition) is 3. The zero-order valence-electron chi connectivity index (χ0n) is 9.77. The summed E-state index contributed by atoms with van der Waals surface area (Å²) in [6.07, 6.45) is 0.347. The predicted molar refractivity (Wildman–Crippen MR) is 58.0 cm³/mol. The van der Waals surface area contributed by atoms with Crippen molar-refractivity contribution in [3.63, 3.8) is 0 Å². The summed E-state index contributed by atoms with van der Waals surface area (Å²) >= 11 is 0. The summed E-state index contributed by atoms with van der Waals surface area (Å²) < 4.78 is 5.22. The number of carbonyl (C=O) groups is 2. The molecule has 0 bridgehead atoms. The van der Waals surface area contributed by atoms with E-state index >= 15 is 0 Å². The molecule has 0 aromatic carbocycles. The van der Waals surface area contributed by atoms with E-state index in [0.29, 0.717) is 6.54 Å². The van der Waals surface area contributed by atoms with Gasteiger partial charge in [0.2, 0.25) is 5.91 Å². The molecule has 1 saturated heterocycles. The lowest BCUT2D eigenvalue weighted by Gasteiger charge is -2.34. The minimum absolute atomic E-state index is 0.113. The van der Waals surface area contributed by atoms with Gasteiger partial charge in [-0.1, -0.05) is 5.57 Å². The number of carboxylic acids is 1. The van der Waals surface area contributed by atoms with E-state index in [1.165, 1.54) is 11.0 Å². The van der Waals surface area contributed by atoms with E-state index in [9.17, 15) is 9.59 Å². The molecule has 1 aliphatic rings. The molecule has 5 heteroatoms. The molecule has 1 aliphatic heterocycles. The molecular weight excluding hydrogens is 210 g/mol. The van der Waals surface area contributed by atoms with Crippen LogP contribution in [0.1, 0.15) is 20.8 Å². The summed E-state index contributed by atoms with van der Waals surface area (Å²) in [7, 11) is 0. The summed E-state index contributed by atoms with van der Waals surface area (Å²) in [5.41, 5.74) is 0.899. The van der Waals surface area contributed by atoms with Gasteiger partial charge in [-0.2, -0.15) is 0 Å². The molecule has 1 heterocycles. The Morgan fingerprint density at radius 3 is 2.50 bits per heavy atom. The van der Waals surface area contributed by atoms with Crippen LogP contribution in [0.25, 0.3) is 0 Å². The molecule has 16 heavy (non-hydrogen) atoms. The van der Waals surface area contributed by atoms with E-state index in [2.05, 4.69) is 0 Å². The Balaban J connectivity index is 2.71. The zero-order valence-corrected chi connectivity index (χ0v) is 9.77. The molecule has 1 fully saturated rings. The average molecular weight is 227 g/mol. The fourth-order valence-electron chi connectivity index (χ4n) is 1.61. The highest BCUT2D eigenvalue weighted by Crippen LogP contribution is 2.12. The molecule has 1 rings (SSSR count).